The van der Waals surface area contributed by atoms with Crippen LogP contribution in [-0.2, 0) is 6.18 Å². The lowest BCUT2D eigenvalue weighted by molar-refractivity contribution is -0.137. The highest BCUT2D eigenvalue weighted by Crippen LogP contribution is 2.32. The Morgan fingerprint density at radius 1 is 0.939 bits per heavy atom. The molecule has 0 atom stereocenters. The van der Waals surface area contributed by atoms with E-state index in [1.54, 1.807) is 17.4 Å². The smallest absolute Gasteiger partial charge is 0.416 e. The Morgan fingerprint density at radius 2 is 1.55 bits per heavy atom. The number of carbonyl (C=O) groups is 2. The van der Waals surface area contributed by atoms with Crippen molar-refractivity contribution >= 4 is 23.2 Å². The number of thiazole rings is 1. The highest BCUT2D eigenvalue weighted by atomic mass is 32.1. The first-order chi connectivity index (χ1) is 15.8. The van der Waals surface area contributed by atoms with Gasteiger partial charge in [-0.25, -0.2) is 4.98 Å². The van der Waals surface area contributed by atoms with Crippen molar-refractivity contribution in [2.45, 2.75) is 6.18 Å². The molecule has 0 bridgehead atoms. The molecule has 0 spiro atoms. The summed E-state index contributed by atoms with van der Waals surface area (Å²) in [5.74, 6) is 0.0817. The summed E-state index contributed by atoms with van der Waals surface area (Å²) < 4.78 is 43.5. The molecule has 10 heteroatoms. The van der Waals surface area contributed by atoms with Crippen molar-refractivity contribution in [1.82, 2.24) is 14.8 Å². The molecule has 1 aliphatic heterocycles. The molecule has 33 heavy (non-hydrogen) atoms. The summed E-state index contributed by atoms with van der Waals surface area (Å²) in [6.07, 6.45) is -4.45. The van der Waals surface area contributed by atoms with Gasteiger partial charge in [0.15, 0.2) is 0 Å². The van der Waals surface area contributed by atoms with Gasteiger partial charge in [0.25, 0.3) is 11.8 Å². The summed E-state index contributed by atoms with van der Waals surface area (Å²) in [6, 6.07) is 11.6. The molecule has 1 fully saturated rings. The Kier molecular flexibility index (Phi) is 6.37. The molecule has 2 amide bonds. The number of ether oxygens (including phenoxy) is 1. The van der Waals surface area contributed by atoms with Gasteiger partial charge in [-0.3, -0.25) is 9.59 Å². The lowest BCUT2D eigenvalue weighted by atomic mass is 10.1. The molecular weight excluding hydrogens is 455 g/mol. The summed E-state index contributed by atoms with van der Waals surface area (Å²) in [5, 5.41) is 2.37. The zero-order chi connectivity index (χ0) is 23.6. The number of para-hydroxylation sites is 1. The van der Waals surface area contributed by atoms with Crippen molar-refractivity contribution in [2.24, 2.45) is 0 Å². The monoisotopic (exact) mass is 475 g/mol. The SMILES string of the molecule is COc1ccccc1-c1nc(C(=O)N2CCN(C(=O)c3ccc(C(F)(F)F)cc3)CC2)cs1. The van der Waals surface area contributed by atoms with E-state index in [1.807, 2.05) is 24.3 Å². The van der Waals surface area contributed by atoms with Crippen LogP contribution in [0, 0.1) is 0 Å². The summed E-state index contributed by atoms with van der Waals surface area (Å²) in [6.45, 7) is 1.20. The van der Waals surface area contributed by atoms with Crippen molar-refractivity contribution in [3.05, 3.63) is 70.7 Å². The highest BCUT2D eigenvalue weighted by molar-refractivity contribution is 7.13. The summed E-state index contributed by atoms with van der Waals surface area (Å²) in [4.78, 5) is 33.2. The highest BCUT2D eigenvalue weighted by Gasteiger charge is 2.31. The summed E-state index contributed by atoms with van der Waals surface area (Å²) in [7, 11) is 1.57. The fourth-order valence-corrected chi connectivity index (χ4v) is 4.40. The average Bonchev–Trinajstić information content (AvgIpc) is 3.33. The van der Waals surface area contributed by atoms with E-state index in [-0.39, 0.29) is 30.5 Å². The minimum absolute atomic E-state index is 0.184. The molecule has 0 unspecified atom stereocenters. The molecule has 4 rings (SSSR count). The molecule has 3 aromatic rings. The molecule has 1 aromatic heterocycles. The van der Waals surface area contributed by atoms with Crippen LogP contribution in [0.5, 0.6) is 5.75 Å². The van der Waals surface area contributed by atoms with E-state index in [0.717, 1.165) is 17.7 Å². The van der Waals surface area contributed by atoms with E-state index in [2.05, 4.69) is 4.98 Å². The van der Waals surface area contributed by atoms with Gasteiger partial charge in [0.2, 0.25) is 0 Å². The van der Waals surface area contributed by atoms with Crippen LogP contribution < -0.4 is 4.74 Å². The van der Waals surface area contributed by atoms with E-state index >= 15 is 0 Å². The van der Waals surface area contributed by atoms with Gasteiger partial charge in [-0.2, -0.15) is 13.2 Å². The molecular formula is C23H20F3N3O3S. The van der Waals surface area contributed by atoms with E-state index in [9.17, 15) is 22.8 Å². The van der Waals surface area contributed by atoms with Crippen LogP contribution >= 0.6 is 11.3 Å². The number of carbonyl (C=O) groups excluding carboxylic acids is 2. The minimum atomic E-state index is -4.45. The van der Waals surface area contributed by atoms with Gasteiger partial charge in [0.1, 0.15) is 16.5 Å². The predicted octanol–water partition coefficient (Wildman–Crippen LogP) is 4.44. The first-order valence-electron chi connectivity index (χ1n) is 10.1. The third-order valence-corrected chi connectivity index (χ3v) is 6.25. The van der Waals surface area contributed by atoms with Crippen LogP contribution in [0.4, 0.5) is 13.2 Å². The Balaban J connectivity index is 1.38. The number of benzene rings is 2. The predicted molar refractivity (Wildman–Crippen MR) is 117 cm³/mol. The Bertz CT molecular complexity index is 1150. The van der Waals surface area contributed by atoms with Crippen LogP contribution in [0.15, 0.2) is 53.9 Å². The van der Waals surface area contributed by atoms with Crippen LogP contribution in [0.1, 0.15) is 26.4 Å². The number of hydrogen-bond donors (Lipinski definition) is 0. The van der Waals surface area contributed by atoms with Gasteiger partial charge >= 0.3 is 6.18 Å². The second-order valence-corrected chi connectivity index (χ2v) is 8.26. The number of alkyl halides is 3. The second-order valence-electron chi connectivity index (χ2n) is 7.40. The van der Waals surface area contributed by atoms with Gasteiger partial charge in [0.05, 0.1) is 18.2 Å². The van der Waals surface area contributed by atoms with Crippen molar-refractivity contribution in [3.8, 4) is 16.3 Å². The number of nitrogens with zero attached hydrogens (tertiary/aromatic N) is 3. The van der Waals surface area contributed by atoms with E-state index < -0.39 is 11.7 Å². The quantitative estimate of drug-likeness (QED) is 0.560. The fraction of sp³-hybridized carbons (Fsp3) is 0.261. The van der Waals surface area contributed by atoms with E-state index in [4.69, 9.17) is 4.74 Å². The average molecular weight is 475 g/mol. The van der Waals surface area contributed by atoms with Crippen molar-refractivity contribution in [2.75, 3.05) is 33.3 Å². The number of aromatic nitrogens is 1. The van der Waals surface area contributed by atoms with E-state index in [0.29, 0.717) is 29.5 Å². The molecule has 1 aliphatic rings. The third-order valence-electron chi connectivity index (χ3n) is 5.37. The van der Waals surface area contributed by atoms with Crippen LogP contribution in [0.2, 0.25) is 0 Å². The van der Waals surface area contributed by atoms with Crippen molar-refractivity contribution < 1.29 is 27.5 Å². The first kappa shape index (κ1) is 22.8. The number of hydrogen-bond acceptors (Lipinski definition) is 5. The third kappa shape index (κ3) is 4.85. The Morgan fingerprint density at radius 3 is 2.15 bits per heavy atom. The van der Waals surface area contributed by atoms with Crippen LogP contribution in [0.3, 0.4) is 0 Å². The molecule has 0 radical (unpaired) electrons. The van der Waals surface area contributed by atoms with Gasteiger partial charge in [-0.05, 0) is 36.4 Å². The number of halogens is 3. The van der Waals surface area contributed by atoms with Crippen LogP contribution in [-0.4, -0.2) is 59.9 Å². The number of rotatable bonds is 4. The molecule has 0 N–H and O–H groups in total. The molecule has 0 saturated carbocycles. The Labute approximate surface area is 192 Å². The maximum Gasteiger partial charge on any atom is 0.416 e. The standard InChI is InChI=1S/C23H20F3N3O3S/c1-32-19-5-3-2-4-17(19)20-27-18(14-33-20)22(31)29-12-10-28(11-13-29)21(30)15-6-8-16(9-7-15)23(24,25)26/h2-9,14H,10-13H2,1H3. The number of methoxy groups -OCH3 is 1. The lowest BCUT2D eigenvalue weighted by Gasteiger charge is -2.34. The number of amides is 2. The molecule has 6 nitrogen and oxygen atoms in total. The topological polar surface area (TPSA) is 62.7 Å². The Hall–Kier alpha value is -3.40. The van der Waals surface area contributed by atoms with Crippen LogP contribution in [0.25, 0.3) is 10.6 Å². The van der Waals surface area contributed by atoms with Crippen molar-refractivity contribution in [1.29, 1.82) is 0 Å². The first-order valence-corrected chi connectivity index (χ1v) is 11.0. The van der Waals surface area contributed by atoms with E-state index in [1.165, 1.54) is 28.4 Å². The van der Waals surface area contributed by atoms with Gasteiger partial charge in [0, 0.05) is 37.1 Å². The summed E-state index contributed by atoms with van der Waals surface area (Å²) >= 11 is 1.35. The summed E-state index contributed by atoms with van der Waals surface area (Å²) in [5.41, 5.74) is 0.508. The zero-order valence-corrected chi connectivity index (χ0v) is 18.4. The van der Waals surface area contributed by atoms with Gasteiger partial charge in [-0.15, -0.1) is 11.3 Å². The van der Waals surface area contributed by atoms with Gasteiger partial charge in [-0.1, -0.05) is 12.1 Å². The van der Waals surface area contributed by atoms with Crippen molar-refractivity contribution in [3.63, 3.8) is 0 Å². The maximum absolute atomic E-state index is 12.9. The second kappa shape index (κ2) is 9.22. The molecule has 172 valence electrons. The maximum atomic E-state index is 12.9. The molecule has 2 heterocycles. The number of piperazine rings is 1. The molecule has 0 aliphatic carbocycles. The largest absolute Gasteiger partial charge is 0.496 e. The molecule has 1 saturated heterocycles. The minimum Gasteiger partial charge on any atom is -0.496 e. The zero-order valence-electron chi connectivity index (χ0n) is 17.6. The normalized spacial score (nSPS) is 14.3. The lowest BCUT2D eigenvalue weighted by Crippen LogP contribution is -2.50. The fourth-order valence-electron chi connectivity index (χ4n) is 3.58. The molecule has 2 aromatic carbocycles. The van der Waals surface area contributed by atoms with Gasteiger partial charge < -0.3 is 14.5 Å².